The van der Waals surface area contributed by atoms with Gasteiger partial charge < -0.3 is 9.64 Å². The highest BCUT2D eigenvalue weighted by Gasteiger charge is 2.34. The number of sulfonamides is 1. The van der Waals surface area contributed by atoms with E-state index in [-0.39, 0.29) is 32.1 Å². The van der Waals surface area contributed by atoms with Gasteiger partial charge in [0, 0.05) is 38.9 Å². The smallest absolute Gasteiger partial charge is 0.251 e. The maximum atomic E-state index is 13.8. The Hall–Kier alpha value is -1.58. The number of carbonyl (C=O) groups excluding carboxylic acids is 1. The van der Waals surface area contributed by atoms with Crippen LogP contribution in [0.25, 0.3) is 0 Å². The standard InChI is InChI=1S/C15H18F2N2O4S/c16-11-3-4-14(12(17)10-11)24(21,22)19-7-5-18(6-8-19)15(20)13-2-1-9-23-13/h3-4,10,13H,1-2,5-9H2. The maximum Gasteiger partial charge on any atom is 0.251 e. The molecule has 1 aromatic rings. The Kier molecular flexibility index (Phi) is 4.84. The molecule has 0 radical (unpaired) electrons. The highest BCUT2D eigenvalue weighted by Crippen LogP contribution is 2.22. The third-order valence-corrected chi connectivity index (χ3v) is 6.20. The molecule has 2 aliphatic heterocycles. The molecular weight excluding hydrogens is 342 g/mol. The normalized spacial score (nSPS) is 22.8. The maximum absolute atomic E-state index is 13.8. The Morgan fingerprint density at radius 2 is 1.88 bits per heavy atom. The van der Waals surface area contributed by atoms with E-state index in [1.165, 1.54) is 0 Å². The zero-order valence-corrected chi connectivity index (χ0v) is 13.8. The molecule has 1 unspecified atom stereocenters. The van der Waals surface area contributed by atoms with Gasteiger partial charge in [-0.2, -0.15) is 4.31 Å². The van der Waals surface area contributed by atoms with E-state index in [9.17, 15) is 22.0 Å². The number of benzene rings is 1. The first-order valence-corrected chi connectivity index (χ1v) is 9.19. The van der Waals surface area contributed by atoms with E-state index < -0.39 is 32.7 Å². The molecule has 0 aliphatic carbocycles. The minimum Gasteiger partial charge on any atom is -0.368 e. The van der Waals surface area contributed by atoms with Crippen molar-refractivity contribution in [3.63, 3.8) is 0 Å². The van der Waals surface area contributed by atoms with Gasteiger partial charge in [-0.25, -0.2) is 17.2 Å². The average molecular weight is 360 g/mol. The highest BCUT2D eigenvalue weighted by atomic mass is 32.2. The summed E-state index contributed by atoms with van der Waals surface area (Å²) in [5.41, 5.74) is 0. The van der Waals surface area contributed by atoms with Crippen molar-refractivity contribution in [3.05, 3.63) is 29.8 Å². The molecule has 2 aliphatic rings. The fourth-order valence-corrected chi connectivity index (χ4v) is 4.42. The van der Waals surface area contributed by atoms with E-state index in [2.05, 4.69) is 0 Å². The fourth-order valence-electron chi connectivity index (χ4n) is 2.95. The quantitative estimate of drug-likeness (QED) is 0.806. The monoisotopic (exact) mass is 360 g/mol. The van der Waals surface area contributed by atoms with Gasteiger partial charge in [-0.15, -0.1) is 0 Å². The Labute approximate surface area is 139 Å². The van der Waals surface area contributed by atoms with Gasteiger partial charge in [0.15, 0.2) is 0 Å². The van der Waals surface area contributed by atoms with E-state index >= 15 is 0 Å². The molecule has 1 atom stereocenters. The molecular formula is C15H18F2N2O4S. The molecule has 0 saturated carbocycles. The lowest BCUT2D eigenvalue weighted by Gasteiger charge is -2.35. The van der Waals surface area contributed by atoms with Gasteiger partial charge in [-0.1, -0.05) is 0 Å². The molecule has 3 rings (SSSR count). The van der Waals surface area contributed by atoms with Crippen LogP contribution < -0.4 is 0 Å². The summed E-state index contributed by atoms with van der Waals surface area (Å²) in [6.07, 6.45) is 1.08. The Morgan fingerprint density at radius 1 is 1.17 bits per heavy atom. The first kappa shape index (κ1) is 17.2. The molecule has 132 valence electrons. The summed E-state index contributed by atoms with van der Waals surface area (Å²) in [6, 6.07) is 2.38. The van der Waals surface area contributed by atoms with Crippen LogP contribution in [0.1, 0.15) is 12.8 Å². The minimum atomic E-state index is -4.06. The van der Waals surface area contributed by atoms with Crippen molar-refractivity contribution < 1.29 is 26.7 Å². The Morgan fingerprint density at radius 3 is 2.46 bits per heavy atom. The van der Waals surface area contributed by atoms with E-state index in [0.717, 1.165) is 22.9 Å². The predicted octanol–water partition coefficient (Wildman–Crippen LogP) is 0.977. The number of carbonyl (C=O) groups is 1. The van der Waals surface area contributed by atoms with Crippen molar-refractivity contribution in [1.82, 2.24) is 9.21 Å². The molecule has 1 amide bonds. The lowest BCUT2D eigenvalue weighted by Crippen LogP contribution is -2.52. The van der Waals surface area contributed by atoms with Gasteiger partial charge in [-0.3, -0.25) is 4.79 Å². The minimum absolute atomic E-state index is 0.0671. The fraction of sp³-hybridized carbons (Fsp3) is 0.533. The van der Waals surface area contributed by atoms with Crippen LogP contribution in [0.15, 0.2) is 23.1 Å². The number of amides is 1. The molecule has 2 saturated heterocycles. The predicted molar refractivity (Wildman–Crippen MR) is 80.7 cm³/mol. The van der Waals surface area contributed by atoms with Crippen LogP contribution in [-0.4, -0.2) is 62.4 Å². The Balaban J connectivity index is 1.68. The molecule has 9 heteroatoms. The van der Waals surface area contributed by atoms with Gasteiger partial charge >= 0.3 is 0 Å². The molecule has 0 aromatic heterocycles. The second-order valence-electron chi connectivity index (χ2n) is 5.81. The van der Waals surface area contributed by atoms with Crippen LogP contribution in [0, 0.1) is 11.6 Å². The molecule has 0 N–H and O–H groups in total. The third-order valence-electron chi connectivity index (χ3n) is 4.27. The molecule has 0 bridgehead atoms. The summed E-state index contributed by atoms with van der Waals surface area (Å²) >= 11 is 0. The summed E-state index contributed by atoms with van der Waals surface area (Å²) in [4.78, 5) is 13.3. The van der Waals surface area contributed by atoms with Crippen LogP contribution in [0.3, 0.4) is 0 Å². The van der Waals surface area contributed by atoms with Crippen molar-refractivity contribution in [1.29, 1.82) is 0 Å². The largest absolute Gasteiger partial charge is 0.368 e. The van der Waals surface area contributed by atoms with Crippen LogP contribution >= 0.6 is 0 Å². The number of hydrogen-bond acceptors (Lipinski definition) is 4. The van der Waals surface area contributed by atoms with Crippen LogP contribution in [-0.2, 0) is 19.6 Å². The van der Waals surface area contributed by atoms with Crippen molar-refractivity contribution in [2.75, 3.05) is 32.8 Å². The van der Waals surface area contributed by atoms with E-state index in [1.54, 1.807) is 4.90 Å². The topological polar surface area (TPSA) is 66.9 Å². The van der Waals surface area contributed by atoms with Crippen molar-refractivity contribution >= 4 is 15.9 Å². The van der Waals surface area contributed by atoms with Crippen LogP contribution in [0.5, 0.6) is 0 Å². The van der Waals surface area contributed by atoms with Crippen molar-refractivity contribution in [3.8, 4) is 0 Å². The van der Waals surface area contributed by atoms with Crippen LogP contribution in [0.2, 0.25) is 0 Å². The highest BCUT2D eigenvalue weighted by molar-refractivity contribution is 7.89. The number of hydrogen-bond donors (Lipinski definition) is 0. The summed E-state index contributed by atoms with van der Waals surface area (Å²) in [5, 5.41) is 0. The van der Waals surface area contributed by atoms with Crippen LogP contribution in [0.4, 0.5) is 8.78 Å². The second-order valence-corrected chi connectivity index (χ2v) is 7.71. The number of ether oxygens (including phenoxy) is 1. The lowest BCUT2D eigenvalue weighted by atomic mass is 10.2. The summed E-state index contributed by atoms with van der Waals surface area (Å²) in [6.45, 7) is 1.14. The molecule has 24 heavy (non-hydrogen) atoms. The summed E-state index contributed by atoms with van der Waals surface area (Å²) in [5.74, 6) is -2.08. The van der Waals surface area contributed by atoms with Crippen molar-refractivity contribution in [2.45, 2.75) is 23.8 Å². The van der Waals surface area contributed by atoms with E-state index in [4.69, 9.17) is 4.74 Å². The summed E-state index contributed by atoms with van der Waals surface area (Å²) in [7, 11) is -4.06. The summed E-state index contributed by atoms with van der Waals surface area (Å²) < 4.78 is 58.2. The second kappa shape index (κ2) is 6.73. The zero-order valence-electron chi connectivity index (χ0n) is 13.0. The first-order valence-electron chi connectivity index (χ1n) is 7.75. The number of nitrogens with zero attached hydrogens (tertiary/aromatic N) is 2. The molecule has 6 nitrogen and oxygen atoms in total. The number of halogens is 2. The SMILES string of the molecule is O=C(C1CCCO1)N1CCN(S(=O)(=O)c2ccc(F)cc2F)CC1. The van der Waals surface area contributed by atoms with E-state index in [0.29, 0.717) is 19.1 Å². The molecule has 2 heterocycles. The van der Waals surface area contributed by atoms with Gasteiger partial charge in [0.2, 0.25) is 10.0 Å². The lowest BCUT2D eigenvalue weighted by molar-refractivity contribution is -0.142. The molecule has 0 spiro atoms. The molecule has 1 aromatic carbocycles. The zero-order chi connectivity index (χ0) is 17.3. The van der Waals surface area contributed by atoms with Gasteiger partial charge in [-0.05, 0) is 25.0 Å². The van der Waals surface area contributed by atoms with Gasteiger partial charge in [0.05, 0.1) is 0 Å². The molecule has 2 fully saturated rings. The van der Waals surface area contributed by atoms with Gasteiger partial charge in [0.25, 0.3) is 5.91 Å². The Bertz CT molecular complexity index is 727. The van der Waals surface area contributed by atoms with Crippen molar-refractivity contribution in [2.24, 2.45) is 0 Å². The van der Waals surface area contributed by atoms with E-state index in [1.807, 2.05) is 0 Å². The first-order chi connectivity index (χ1) is 11.4. The average Bonchev–Trinajstić information content (AvgIpc) is 3.08. The third kappa shape index (κ3) is 3.28. The number of piperazine rings is 1. The van der Waals surface area contributed by atoms with Gasteiger partial charge in [0.1, 0.15) is 22.6 Å². The number of rotatable bonds is 3.